The van der Waals surface area contributed by atoms with E-state index >= 15 is 0 Å². The van der Waals surface area contributed by atoms with Crippen molar-refractivity contribution in [3.63, 3.8) is 0 Å². The molecule has 0 fully saturated rings. The van der Waals surface area contributed by atoms with Crippen LogP contribution in [-0.2, 0) is 9.53 Å². The summed E-state index contributed by atoms with van der Waals surface area (Å²) < 4.78 is 9.93. The molecular formula is C20H25N3O8. The molecule has 0 radical (unpaired) electrons. The number of hydrogen-bond acceptors (Lipinski definition) is 9. The van der Waals surface area contributed by atoms with E-state index in [4.69, 9.17) is 14.6 Å². The van der Waals surface area contributed by atoms with E-state index in [1.807, 2.05) is 0 Å². The van der Waals surface area contributed by atoms with Gasteiger partial charge in [-0.05, 0) is 38.0 Å². The molecule has 0 spiro atoms. The maximum Gasteiger partial charge on any atom is 0.514 e. The van der Waals surface area contributed by atoms with Crippen molar-refractivity contribution >= 4 is 23.8 Å². The number of phenols is 1. The fourth-order valence-electron chi connectivity index (χ4n) is 2.64. The van der Waals surface area contributed by atoms with E-state index in [0.29, 0.717) is 19.5 Å². The number of ether oxygens (including phenoxy) is 2. The second-order valence-electron chi connectivity index (χ2n) is 6.30. The number of nitriles is 1. The van der Waals surface area contributed by atoms with Crippen molar-refractivity contribution in [2.45, 2.75) is 39.7 Å². The standard InChI is InChI=1S/C20H25N3O8/c1-4-15(7-8-24)30-20(27)31-17-11-13(10-16(18(17)25)23(28)29)9-14(12-21)19(26)22(5-2)6-3/h9-11,15,24-25H,4-8H2,1-3H3/b14-9+. The monoisotopic (exact) mass is 435 g/mol. The Morgan fingerprint density at radius 2 is 1.97 bits per heavy atom. The highest BCUT2D eigenvalue weighted by molar-refractivity contribution is 6.01. The Kier molecular flexibility index (Phi) is 9.94. The summed E-state index contributed by atoms with van der Waals surface area (Å²) in [5.74, 6) is -2.06. The maximum absolute atomic E-state index is 12.4. The fourth-order valence-corrected chi connectivity index (χ4v) is 2.64. The van der Waals surface area contributed by atoms with E-state index in [1.165, 1.54) is 4.90 Å². The van der Waals surface area contributed by atoms with E-state index in [9.17, 15) is 30.1 Å². The molecule has 11 nitrogen and oxygen atoms in total. The largest absolute Gasteiger partial charge is 0.514 e. The van der Waals surface area contributed by atoms with Crippen LogP contribution in [0.2, 0.25) is 0 Å². The van der Waals surface area contributed by atoms with Gasteiger partial charge < -0.3 is 24.6 Å². The molecular weight excluding hydrogens is 410 g/mol. The Morgan fingerprint density at radius 3 is 2.45 bits per heavy atom. The molecule has 1 unspecified atom stereocenters. The minimum atomic E-state index is -1.23. The molecule has 1 rings (SSSR count). The van der Waals surface area contributed by atoms with Gasteiger partial charge >= 0.3 is 11.8 Å². The average Bonchev–Trinajstić information content (AvgIpc) is 2.74. The van der Waals surface area contributed by atoms with Gasteiger partial charge in [0, 0.05) is 32.2 Å². The van der Waals surface area contributed by atoms with Gasteiger partial charge in [-0.2, -0.15) is 5.26 Å². The van der Waals surface area contributed by atoms with Crippen molar-refractivity contribution in [3.05, 3.63) is 33.4 Å². The zero-order valence-electron chi connectivity index (χ0n) is 17.5. The molecule has 0 saturated heterocycles. The Morgan fingerprint density at radius 1 is 1.32 bits per heavy atom. The number of nitro groups is 1. The Hall–Kier alpha value is -3.65. The number of nitro benzene ring substituents is 1. The number of nitrogens with zero attached hydrogens (tertiary/aromatic N) is 3. The van der Waals surface area contributed by atoms with E-state index in [0.717, 1.165) is 18.2 Å². The van der Waals surface area contributed by atoms with Crippen LogP contribution in [-0.4, -0.2) is 57.9 Å². The summed E-state index contributed by atoms with van der Waals surface area (Å²) >= 11 is 0. The number of aliphatic hydroxyl groups is 1. The first kappa shape index (κ1) is 25.4. The smallest absolute Gasteiger partial charge is 0.499 e. The van der Waals surface area contributed by atoms with Crippen molar-refractivity contribution in [2.24, 2.45) is 0 Å². The highest BCUT2D eigenvalue weighted by Crippen LogP contribution is 2.38. The van der Waals surface area contributed by atoms with Gasteiger partial charge in [0.2, 0.25) is 5.75 Å². The van der Waals surface area contributed by atoms with E-state index < -0.39 is 40.3 Å². The van der Waals surface area contributed by atoms with Gasteiger partial charge in [0.25, 0.3) is 5.91 Å². The van der Waals surface area contributed by atoms with Crippen LogP contribution in [0.5, 0.6) is 11.5 Å². The Bertz CT molecular complexity index is 887. The van der Waals surface area contributed by atoms with Gasteiger partial charge in [0.15, 0.2) is 5.75 Å². The molecule has 2 N–H and O–H groups in total. The van der Waals surface area contributed by atoms with E-state index in [1.54, 1.807) is 26.8 Å². The number of amides is 1. The molecule has 0 aliphatic rings. The number of likely N-dealkylation sites (N-methyl/N-ethyl adjacent to an activating group) is 1. The summed E-state index contributed by atoms with van der Waals surface area (Å²) in [5.41, 5.74) is -1.08. The lowest BCUT2D eigenvalue weighted by Crippen LogP contribution is -2.31. The number of carbonyl (C=O) groups is 2. The molecule has 0 heterocycles. The highest BCUT2D eigenvalue weighted by Gasteiger charge is 2.24. The van der Waals surface area contributed by atoms with E-state index in [-0.39, 0.29) is 24.2 Å². The Labute approximate surface area is 179 Å². The number of aromatic hydroxyl groups is 1. The number of benzene rings is 1. The molecule has 0 aromatic heterocycles. The van der Waals surface area contributed by atoms with Crippen molar-refractivity contribution in [1.82, 2.24) is 4.90 Å². The molecule has 1 atom stereocenters. The first-order valence-electron chi connectivity index (χ1n) is 9.63. The van der Waals surface area contributed by atoms with Gasteiger partial charge in [0.05, 0.1) is 4.92 Å². The van der Waals surface area contributed by atoms with Gasteiger partial charge in [-0.25, -0.2) is 4.79 Å². The lowest BCUT2D eigenvalue weighted by atomic mass is 10.1. The number of phenolic OH excluding ortho intramolecular Hbond substituents is 1. The second-order valence-corrected chi connectivity index (χ2v) is 6.30. The molecule has 31 heavy (non-hydrogen) atoms. The summed E-state index contributed by atoms with van der Waals surface area (Å²) in [6.07, 6.45) is -0.213. The first-order chi connectivity index (χ1) is 14.7. The molecule has 1 aromatic rings. The minimum absolute atomic E-state index is 0.00763. The van der Waals surface area contributed by atoms with Gasteiger partial charge in [-0.3, -0.25) is 14.9 Å². The summed E-state index contributed by atoms with van der Waals surface area (Å²) in [5, 5.41) is 39.7. The molecule has 0 bridgehead atoms. The first-order valence-corrected chi connectivity index (χ1v) is 9.63. The van der Waals surface area contributed by atoms with Crippen LogP contribution in [0, 0.1) is 21.4 Å². The Balaban J connectivity index is 3.34. The summed E-state index contributed by atoms with van der Waals surface area (Å²) in [6.45, 7) is 5.69. The summed E-state index contributed by atoms with van der Waals surface area (Å²) in [4.78, 5) is 36.2. The average molecular weight is 435 g/mol. The maximum atomic E-state index is 12.4. The zero-order chi connectivity index (χ0) is 23.6. The lowest BCUT2D eigenvalue weighted by molar-refractivity contribution is -0.385. The highest BCUT2D eigenvalue weighted by atomic mass is 16.7. The van der Waals surface area contributed by atoms with Crippen LogP contribution in [0.15, 0.2) is 17.7 Å². The van der Waals surface area contributed by atoms with Gasteiger partial charge in [-0.1, -0.05) is 6.92 Å². The molecule has 0 aliphatic carbocycles. The molecule has 1 amide bonds. The molecule has 0 aliphatic heterocycles. The van der Waals surface area contributed by atoms with E-state index in [2.05, 4.69) is 0 Å². The third-order valence-electron chi connectivity index (χ3n) is 4.35. The lowest BCUT2D eigenvalue weighted by Gasteiger charge is -2.17. The third-order valence-corrected chi connectivity index (χ3v) is 4.35. The zero-order valence-corrected chi connectivity index (χ0v) is 17.5. The number of hydrogen-bond donors (Lipinski definition) is 2. The van der Waals surface area contributed by atoms with Crippen LogP contribution in [0.3, 0.4) is 0 Å². The minimum Gasteiger partial charge on any atom is -0.499 e. The predicted octanol–water partition coefficient (Wildman–Crippen LogP) is 2.75. The SMILES string of the molecule is CCC(CCO)OC(=O)Oc1cc(/C=C(\C#N)C(=O)N(CC)CC)cc([N+](=O)[O-])c1O. The van der Waals surface area contributed by atoms with Crippen LogP contribution < -0.4 is 4.74 Å². The predicted molar refractivity (Wildman–Crippen MR) is 109 cm³/mol. The number of rotatable bonds is 10. The van der Waals surface area contributed by atoms with Crippen LogP contribution >= 0.6 is 0 Å². The van der Waals surface area contributed by atoms with Crippen LogP contribution in [0.4, 0.5) is 10.5 Å². The molecule has 0 saturated carbocycles. The second kappa shape index (κ2) is 12.1. The van der Waals surface area contributed by atoms with Crippen molar-refractivity contribution in [1.29, 1.82) is 5.26 Å². The molecule has 11 heteroatoms. The fraction of sp³-hybridized carbons (Fsp3) is 0.450. The normalized spacial score (nSPS) is 11.9. The van der Waals surface area contributed by atoms with Gasteiger partial charge in [-0.15, -0.1) is 0 Å². The molecule has 1 aromatic carbocycles. The van der Waals surface area contributed by atoms with Crippen LogP contribution in [0.25, 0.3) is 6.08 Å². The quantitative estimate of drug-likeness (QED) is 0.140. The summed E-state index contributed by atoms with van der Waals surface area (Å²) in [7, 11) is 0. The topological polar surface area (TPSA) is 163 Å². The molecule has 168 valence electrons. The van der Waals surface area contributed by atoms with Crippen molar-refractivity contribution in [3.8, 4) is 17.6 Å². The van der Waals surface area contributed by atoms with Crippen molar-refractivity contribution in [2.75, 3.05) is 19.7 Å². The summed E-state index contributed by atoms with van der Waals surface area (Å²) in [6, 6.07) is 3.77. The van der Waals surface area contributed by atoms with Gasteiger partial charge in [0.1, 0.15) is 17.7 Å². The number of carbonyl (C=O) groups excluding carboxylic acids is 2. The van der Waals surface area contributed by atoms with Crippen molar-refractivity contribution < 1.29 is 34.2 Å². The van der Waals surface area contributed by atoms with Crippen LogP contribution in [0.1, 0.15) is 39.2 Å². The number of aliphatic hydroxyl groups excluding tert-OH is 1. The third kappa shape index (κ3) is 6.97.